The Hall–Kier alpha value is -2.23. The summed E-state index contributed by atoms with van der Waals surface area (Å²) in [5.41, 5.74) is 7.05. The first-order chi connectivity index (χ1) is 9.06. The topological polar surface area (TPSA) is 68.3 Å². The highest BCUT2D eigenvalue weighted by Gasteiger charge is 2.12. The van der Waals surface area contributed by atoms with Gasteiger partial charge in [0.15, 0.2) is 0 Å². The molecule has 3 N–H and O–H groups in total. The van der Waals surface area contributed by atoms with Gasteiger partial charge < -0.3 is 15.5 Å². The molecule has 1 heterocycles. The molecular formula is C15H18N2O2. The van der Waals surface area contributed by atoms with Crippen LogP contribution in [0.25, 0.3) is 0 Å². The first kappa shape index (κ1) is 13.2. The summed E-state index contributed by atoms with van der Waals surface area (Å²) >= 11 is 0. The fourth-order valence-corrected chi connectivity index (χ4v) is 1.99. The zero-order valence-electron chi connectivity index (χ0n) is 11.1. The van der Waals surface area contributed by atoms with Gasteiger partial charge in [-0.2, -0.15) is 0 Å². The van der Waals surface area contributed by atoms with Crippen LogP contribution in [-0.2, 0) is 11.2 Å². The smallest absolute Gasteiger partial charge is 0.221 e. The Morgan fingerprint density at radius 1 is 1.32 bits per heavy atom. The number of rotatable bonds is 5. The minimum absolute atomic E-state index is 0.0303. The number of hydrogen-bond donors (Lipinski definition) is 2. The second-order valence-electron chi connectivity index (χ2n) is 4.61. The van der Waals surface area contributed by atoms with Gasteiger partial charge in [-0.05, 0) is 37.6 Å². The lowest BCUT2D eigenvalue weighted by atomic mass is 10.1. The summed E-state index contributed by atoms with van der Waals surface area (Å²) in [6.45, 7) is 3.93. The number of primary amides is 1. The molecule has 0 aliphatic carbocycles. The Kier molecular flexibility index (Phi) is 3.90. The average molecular weight is 258 g/mol. The summed E-state index contributed by atoms with van der Waals surface area (Å²) in [5, 5.41) is 3.34. The van der Waals surface area contributed by atoms with Gasteiger partial charge >= 0.3 is 0 Å². The summed E-state index contributed by atoms with van der Waals surface area (Å²) in [5.74, 6) is 1.41. The molecule has 0 aliphatic rings. The zero-order valence-corrected chi connectivity index (χ0v) is 11.1. The number of nitrogens with one attached hydrogen (secondary N) is 1. The molecule has 2 aromatic rings. The van der Waals surface area contributed by atoms with Crippen LogP contribution in [-0.4, -0.2) is 5.91 Å². The van der Waals surface area contributed by atoms with E-state index in [1.54, 1.807) is 0 Å². The molecule has 1 atom stereocenters. The molecule has 0 bridgehead atoms. The normalized spacial score (nSPS) is 12.1. The van der Waals surface area contributed by atoms with Crippen LogP contribution in [0.1, 0.15) is 30.0 Å². The van der Waals surface area contributed by atoms with Crippen molar-refractivity contribution in [2.24, 2.45) is 5.73 Å². The molecule has 0 radical (unpaired) electrons. The number of carbonyl (C=O) groups is 1. The van der Waals surface area contributed by atoms with Gasteiger partial charge in [-0.25, -0.2) is 0 Å². The van der Waals surface area contributed by atoms with E-state index in [-0.39, 0.29) is 18.4 Å². The molecule has 19 heavy (non-hydrogen) atoms. The number of hydrogen-bond acceptors (Lipinski definition) is 3. The Morgan fingerprint density at radius 3 is 2.68 bits per heavy atom. The third kappa shape index (κ3) is 3.37. The van der Waals surface area contributed by atoms with E-state index in [0.29, 0.717) is 0 Å². The van der Waals surface area contributed by atoms with E-state index < -0.39 is 0 Å². The second-order valence-corrected chi connectivity index (χ2v) is 4.61. The maximum Gasteiger partial charge on any atom is 0.221 e. The molecule has 1 unspecified atom stereocenters. The van der Waals surface area contributed by atoms with Crippen molar-refractivity contribution in [2.75, 3.05) is 5.32 Å². The lowest BCUT2D eigenvalue weighted by molar-refractivity contribution is -0.117. The first-order valence-electron chi connectivity index (χ1n) is 6.25. The predicted molar refractivity (Wildman–Crippen MR) is 74.8 cm³/mol. The van der Waals surface area contributed by atoms with Crippen molar-refractivity contribution in [1.29, 1.82) is 0 Å². The molecule has 1 amide bonds. The van der Waals surface area contributed by atoms with Crippen molar-refractivity contribution in [1.82, 2.24) is 0 Å². The van der Waals surface area contributed by atoms with Crippen molar-refractivity contribution in [2.45, 2.75) is 26.3 Å². The summed E-state index contributed by atoms with van der Waals surface area (Å²) < 4.78 is 5.58. The molecule has 1 aromatic carbocycles. The highest BCUT2D eigenvalue weighted by atomic mass is 16.3. The number of amides is 1. The molecule has 0 saturated heterocycles. The Morgan fingerprint density at radius 2 is 2.05 bits per heavy atom. The summed E-state index contributed by atoms with van der Waals surface area (Å²) in [7, 11) is 0. The number of furan rings is 1. The summed E-state index contributed by atoms with van der Waals surface area (Å²) in [6, 6.07) is 11.6. The molecule has 4 nitrogen and oxygen atoms in total. The second kappa shape index (κ2) is 5.61. The lowest BCUT2D eigenvalue weighted by Crippen LogP contribution is -2.15. The van der Waals surface area contributed by atoms with E-state index >= 15 is 0 Å². The number of carbonyl (C=O) groups excluding carboxylic acids is 1. The maximum absolute atomic E-state index is 11.1. The van der Waals surface area contributed by atoms with Crippen LogP contribution in [0.2, 0.25) is 0 Å². The molecule has 2 rings (SSSR count). The van der Waals surface area contributed by atoms with E-state index in [4.69, 9.17) is 10.2 Å². The van der Waals surface area contributed by atoms with Crippen molar-refractivity contribution in [3.05, 3.63) is 53.5 Å². The summed E-state index contributed by atoms with van der Waals surface area (Å²) in [6.07, 6.45) is 0.229. The largest absolute Gasteiger partial charge is 0.464 e. The maximum atomic E-state index is 11.1. The lowest BCUT2D eigenvalue weighted by Gasteiger charge is -2.16. The number of nitrogens with two attached hydrogens (primary N) is 1. The van der Waals surface area contributed by atoms with Gasteiger partial charge in [-0.1, -0.05) is 18.2 Å². The number of anilines is 1. The minimum Gasteiger partial charge on any atom is -0.464 e. The number of benzene rings is 1. The van der Waals surface area contributed by atoms with Gasteiger partial charge in [0.25, 0.3) is 0 Å². The Balaban J connectivity index is 2.16. The highest BCUT2D eigenvalue weighted by molar-refractivity contribution is 5.78. The van der Waals surface area contributed by atoms with Gasteiger partial charge in [-0.3, -0.25) is 4.79 Å². The van der Waals surface area contributed by atoms with Gasteiger partial charge in [0.05, 0.1) is 12.5 Å². The van der Waals surface area contributed by atoms with Gasteiger partial charge in [0.2, 0.25) is 5.91 Å². The van der Waals surface area contributed by atoms with Crippen LogP contribution >= 0.6 is 0 Å². The molecule has 0 saturated carbocycles. The zero-order chi connectivity index (χ0) is 13.8. The van der Waals surface area contributed by atoms with Gasteiger partial charge in [-0.15, -0.1) is 0 Å². The average Bonchev–Trinajstić information content (AvgIpc) is 2.78. The molecule has 0 fully saturated rings. The van der Waals surface area contributed by atoms with Crippen molar-refractivity contribution in [3.8, 4) is 0 Å². The molecule has 4 heteroatoms. The van der Waals surface area contributed by atoms with Crippen molar-refractivity contribution >= 4 is 11.6 Å². The fraction of sp³-hybridized carbons (Fsp3) is 0.267. The quantitative estimate of drug-likeness (QED) is 0.866. The third-order valence-corrected chi connectivity index (χ3v) is 2.94. The molecule has 0 aliphatic heterocycles. The monoisotopic (exact) mass is 258 g/mol. The number of para-hydroxylation sites is 1. The summed E-state index contributed by atoms with van der Waals surface area (Å²) in [4.78, 5) is 11.1. The minimum atomic E-state index is -0.337. The van der Waals surface area contributed by atoms with E-state index in [1.165, 1.54) is 0 Å². The first-order valence-corrected chi connectivity index (χ1v) is 6.25. The van der Waals surface area contributed by atoms with Crippen LogP contribution < -0.4 is 11.1 Å². The van der Waals surface area contributed by atoms with Gasteiger partial charge in [0.1, 0.15) is 11.5 Å². The van der Waals surface area contributed by atoms with Crippen LogP contribution in [0.3, 0.4) is 0 Å². The Labute approximate surface area is 112 Å². The fourth-order valence-electron chi connectivity index (χ4n) is 1.99. The third-order valence-electron chi connectivity index (χ3n) is 2.94. The van der Waals surface area contributed by atoms with Crippen LogP contribution in [0, 0.1) is 6.92 Å². The van der Waals surface area contributed by atoms with E-state index in [0.717, 1.165) is 22.8 Å². The highest BCUT2D eigenvalue weighted by Crippen LogP contribution is 2.23. The standard InChI is InChI=1S/C15H18N2O2/c1-10-7-8-14(19-10)11(2)17-13-6-4-3-5-12(13)9-15(16)18/h3-8,11,17H,9H2,1-2H3,(H2,16,18). The molecule has 1 aromatic heterocycles. The van der Waals surface area contributed by atoms with Crippen molar-refractivity contribution in [3.63, 3.8) is 0 Å². The van der Waals surface area contributed by atoms with Crippen LogP contribution in [0.5, 0.6) is 0 Å². The van der Waals surface area contributed by atoms with Crippen LogP contribution in [0.15, 0.2) is 40.8 Å². The molecular weight excluding hydrogens is 240 g/mol. The van der Waals surface area contributed by atoms with E-state index in [1.807, 2.05) is 50.2 Å². The predicted octanol–water partition coefficient (Wildman–Crippen LogP) is 2.79. The SMILES string of the molecule is Cc1ccc(C(C)Nc2ccccc2CC(N)=O)o1. The van der Waals surface area contributed by atoms with Gasteiger partial charge in [0, 0.05) is 5.69 Å². The Bertz CT molecular complexity index is 575. The van der Waals surface area contributed by atoms with E-state index in [9.17, 15) is 4.79 Å². The van der Waals surface area contributed by atoms with Crippen molar-refractivity contribution < 1.29 is 9.21 Å². The molecule has 0 spiro atoms. The van der Waals surface area contributed by atoms with Crippen LogP contribution in [0.4, 0.5) is 5.69 Å². The van der Waals surface area contributed by atoms with E-state index in [2.05, 4.69) is 5.32 Å². The molecule has 100 valence electrons. The number of aryl methyl sites for hydroxylation is 1.